The minimum atomic E-state index is -0.123. The number of nitrogens with one attached hydrogen (secondary N) is 1. The van der Waals surface area contributed by atoms with Crippen LogP contribution in [0.15, 0.2) is 64.6 Å². The number of benzene rings is 2. The number of nitrogens with zero attached hydrogens (tertiary/aromatic N) is 1. The second kappa shape index (κ2) is 10.2. The van der Waals surface area contributed by atoms with Crippen LogP contribution in [0.5, 0.6) is 0 Å². The SMILES string of the molecule is O=C(NN=C1CCCCCCC1)c1ccc(CSc2ccccc2)cc1. The predicted octanol–water partition coefficient (Wildman–Crippen LogP) is 5.81. The molecule has 0 heterocycles. The van der Waals surface area contributed by atoms with Gasteiger partial charge in [-0.25, -0.2) is 5.43 Å². The summed E-state index contributed by atoms with van der Waals surface area (Å²) in [7, 11) is 0. The first-order valence-electron chi connectivity index (χ1n) is 9.44. The first kappa shape index (κ1) is 18.7. The lowest BCUT2D eigenvalue weighted by atomic mass is 9.99. The van der Waals surface area contributed by atoms with Gasteiger partial charge in [-0.15, -0.1) is 11.8 Å². The number of rotatable bonds is 5. The number of hydrogen-bond acceptors (Lipinski definition) is 3. The fourth-order valence-corrected chi connectivity index (χ4v) is 3.93. The molecule has 136 valence electrons. The molecule has 4 heteroatoms. The van der Waals surface area contributed by atoms with Gasteiger partial charge in [-0.3, -0.25) is 4.79 Å². The van der Waals surface area contributed by atoms with Gasteiger partial charge in [-0.05, 0) is 55.5 Å². The van der Waals surface area contributed by atoms with Gasteiger partial charge in [-0.1, -0.05) is 49.6 Å². The second-order valence-electron chi connectivity index (χ2n) is 6.69. The molecule has 2 aromatic rings. The van der Waals surface area contributed by atoms with Gasteiger partial charge in [-0.2, -0.15) is 5.10 Å². The van der Waals surface area contributed by atoms with Crippen molar-refractivity contribution in [3.05, 3.63) is 65.7 Å². The Bertz CT molecular complexity index is 716. The van der Waals surface area contributed by atoms with Gasteiger partial charge in [0.2, 0.25) is 0 Å². The number of amides is 1. The Balaban J connectivity index is 1.51. The van der Waals surface area contributed by atoms with Crippen LogP contribution in [0.3, 0.4) is 0 Å². The molecule has 26 heavy (non-hydrogen) atoms. The van der Waals surface area contributed by atoms with E-state index in [1.807, 2.05) is 42.5 Å². The molecule has 0 saturated heterocycles. The van der Waals surface area contributed by atoms with Crippen LogP contribution in [0.2, 0.25) is 0 Å². The predicted molar refractivity (Wildman–Crippen MR) is 110 cm³/mol. The van der Waals surface area contributed by atoms with Crippen molar-refractivity contribution in [1.82, 2.24) is 5.43 Å². The highest BCUT2D eigenvalue weighted by Gasteiger charge is 2.08. The van der Waals surface area contributed by atoms with Crippen molar-refractivity contribution in [1.29, 1.82) is 0 Å². The molecule has 1 aliphatic rings. The maximum atomic E-state index is 12.3. The molecule has 0 radical (unpaired) electrons. The molecular formula is C22H26N2OS. The van der Waals surface area contributed by atoms with Crippen molar-refractivity contribution in [3.63, 3.8) is 0 Å². The van der Waals surface area contributed by atoms with Crippen LogP contribution >= 0.6 is 11.8 Å². The topological polar surface area (TPSA) is 41.5 Å². The van der Waals surface area contributed by atoms with Gasteiger partial charge in [0.15, 0.2) is 0 Å². The smallest absolute Gasteiger partial charge is 0.267 e. The van der Waals surface area contributed by atoms with Crippen LogP contribution in [-0.2, 0) is 5.75 Å². The molecule has 1 aliphatic carbocycles. The zero-order chi connectivity index (χ0) is 18.0. The van der Waals surface area contributed by atoms with Gasteiger partial charge in [0.05, 0.1) is 0 Å². The maximum Gasteiger partial charge on any atom is 0.271 e. The molecule has 2 aromatic carbocycles. The Kier molecular flexibility index (Phi) is 7.32. The molecule has 0 bridgehead atoms. The fraction of sp³-hybridized carbons (Fsp3) is 0.364. The molecule has 1 fully saturated rings. The van der Waals surface area contributed by atoms with E-state index in [4.69, 9.17) is 0 Å². The zero-order valence-corrected chi connectivity index (χ0v) is 15.9. The Morgan fingerprint density at radius 3 is 2.23 bits per heavy atom. The van der Waals surface area contributed by atoms with E-state index >= 15 is 0 Å². The Labute approximate surface area is 160 Å². The number of hydrogen-bond donors (Lipinski definition) is 1. The van der Waals surface area contributed by atoms with E-state index < -0.39 is 0 Å². The van der Waals surface area contributed by atoms with Gasteiger partial charge in [0, 0.05) is 21.9 Å². The van der Waals surface area contributed by atoms with Gasteiger partial charge >= 0.3 is 0 Å². The fourth-order valence-electron chi connectivity index (χ4n) is 3.06. The third-order valence-corrected chi connectivity index (χ3v) is 5.69. The number of thioether (sulfide) groups is 1. The molecule has 3 rings (SSSR count). The van der Waals surface area contributed by atoms with Gasteiger partial charge in [0.25, 0.3) is 5.91 Å². The maximum absolute atomic E-state index is 12.3. The molecular weight excluding hydrogens is 340 g/mol. The van der Waals surface area contributed by atoms with Crippen LogP contribution in [0.1, 0.15) is 60.9 Å². The van der Waals surface area contributed by atoms with E-state index in [1.165, 1.54) is 42.6 Å². The summed E-state index contributed by atoms with van der Waals surface area (Å²) in [6, 6.07) is 18.2. The summed E-state index contributed by atoms with van der Waals surface area (Å²) < 4.78 is 0. The van der Waals surface area contributed by atoms with Crippen molar-refractivity contribution in [2.75, 3.05) is 0 Å². The van der Waals surface area contributed by atoms with Crippen molar-refractivity contribution in [2.45, 2.75) is 55.6 Å². The zero-order valence-electron chi connectivity index (χ0n) is 15.1. The minimum Gasteiger partial charge on any atom is -0.267 e. The molecule has 1 amide bonds. The van der Waals surface area contributed by atoms with E-state index in [0.717, 1.165) is 24.3 Å². The average molecular weight is 367 g/mol. The van der Waals surface area contributed by atoms with Crippen molar-refractivity contribution >= 4 is 23.4 Å². The largest absolute Gasteiger partial charge is 0.271 e. The summed E-state index contributed by atoms with van der Waals surface area (Å²) in [6.07, 6.45) is 8.26. The van der Waals surface area contributed by atoms with Crippen molar-refractivity contribution in [3.8, 4) is 0 Å². The first-order chi connectivity index (χ1) is 12.8. The molecule has 3 nitrogen and oxygen atoms in total. The summed E-state index contributed by atoms with van der Waals surface area (Å²) in [5.41, 5.74) is 5.74. The third-order valence-electron chi connectivity index (χ3n) is 4.61. The van der Waals surface area contributed by atoms with Crippen LogP contribution in [0.25, 0.3) is 0 Å². The van der Waals surface area contributed by atoms with E-state index in [1.54, 1.807) is 11.8 Å². The summed E-state index contributed by atoms with van der Waals surface area (Å²) >= 11 is 1.80. The minimum absolute atomic E-state index is 0.123. The number of carbonyl (C=O) groups is 1. The molecule has 0 atom stereocenters. The normalized spacial score (nSPS) is 15.0. The lowest BCUT2D eigenvalue weighted by Crippen LogP contribution is -2.20. The Morgan fingerprint density at radius 1 is 0.885 bits per heavy atom. The highest BCUT2D eigenvalue weighted by atomic mass is 32.2. The standard InChI is InChI=1S/C22H26N2OS/c25-22(24-23-20-9-5-2-1-3-6-10-20)19-15-13-18(14-16-19)17-26-21-11-7-4-8-12-21/h4,7-8,11-16H,1-3,5-6,9-10,17H2,(H,24,25). The number of carbonyl (C=O) groups excluding carboxylic acids is 1. The average Bonchev–Trinajstić information content (AvgIpc) is 2.66. The summed E-state index contributed by atoms with van der Waals surface area (Å²) in [6.45, 7) is 0. The molecule has 1 N–H and O–H groups in total. The van der Waals surface area contributed by atoms with E-state index in [2.05, 4.69) is 22.7 Å². The molecule has 0 spiro atoms. The highest BCUT2D eigenvalue weighted by Crippen LogP contribution is 2.22. The van der Waals surface area contributed by atoms with Crippen LogP contribution in [0.4, 0.5) is 0 Å². The lowest BCUT2D eigenvalue weighted by Gasteiger charge is -2.11. The molecule has 0 aromatic heterocycles. The van der Waals surface area contributed by atoms with E-state index in [-0.39, 0.29) is 5.91 Å². The molecule has 0 aliphatic heterocycles. The van der Waals surface area contributed by atoms with Crippen LogP contribution < -0.4 is 5.43 Å². The van der Waals surface area contributed by atoms with Crippen LogP contribution in [-0.4, -0.2) is 11.6 Å². The third kappa shape index (κ3) is 6.03. The quantitative estimate of drug-likeness (QED) is 0.536. The Hall–Kier alpha value is -2.07. The van der Waals surface area contributed by atoms with Crippen molar-refractivity contribution in [2.24, 2.45) is 5.10 Å². The van der Waals surface area contributed by atoms with Crippen LogP contribution in [0, 0.1) is 0 Å². The van der Waals surface area contributed by atoms with Crippen molar-refractivity contribution < 1.29 is 4.79 Å². The summed E-state index contributed by atoms with van der Waals surface area (Å²) in [4.78, 5) is 13.6. The first-order valence-corrected chi connectivity index (χ1v) is 10.4. The van der Waals surface area contributed by atoms with E-state index in [9.17, 15) is 4.79 Å². The highest BCUT2D eigenvalue weighted by molar-refractivity contribution is 7.98. The number of hydrazone groups is 1. The Morgan fingerprint density at radius 2 is 1.54 bits per heavy atom. The second-order valence-corrected chi connectivity index (χ2v) is 7.73. The summed E-state index contributed by atoms with van der Waals surface area (Å²) in [5, 5.41) is 4.37. The van der Waals surface area contributed by atoms with Gasteiger partial charge in [0.1, 0.15) is 0 Å². The molecule has 1 saturated carbocycles. The summed E-state index contributed by atoms with van der Waals surface area (Å²) in [5.74, 6) is 0.774. The lowest BCUT2D eigenvalue weighted by molar-refractivity contribution is 0.0954. The monoisotopic (exact) mass is 366 g/mol. The molecule has 0 unspecified atom stereocenters. The van der Waals surface area contributed by atoms with Gasteiger partial charge < -0.3 is 0 Å². The van der Waals surface area contributed by atoms with E-state index in [0.29, 0.717) is 5.56 Å².